The Morgan fingerprint density at radius 3 is 2.48 bits per heavy atom. The molecule has 1 aromatic carbocycles. The largest absolute Gasteiger partial charge is 0.339 e. The second-order valence-corrected chi connectivity index (χ2v) is 5.81. The molecule has 0 aliphatic carbocycles. The van der Waals surface area contributed by atoms with E-state index in [1.54, 1.807) is 6.07 Å². The first-order valence-electron chi connectivity index (χ1n) is 6.49. The summed E-state index contributed by atoms with van der Waals surface area (Å²) in [6.45, 7) is 5.87. The van der Waals surface area contributed by atoms with Crippen molar-refractivity contribution < 1.29 is 4.39 Å². The molecule has 1 aromatic heterocycles. The Labute approximate surface area is 131 Å². The van der Waals surface area contributed by atoms with Gasteiger partial charge in [0, 0.05) is 16.0 Å². The van der Waals surface area contributed by atoms with E-state index in [9.17, 15) is 4.39 Å². The number of hydrogen-bond donors (Lipinski definition) is 3. The number of hydrazine groups is 1. The quantitative estimate of drug-likeness (QED) is 0.575. The van der Waals surface area contributed by atoms with Gasteiger partial charge in [0.15, 0.2) is 0 Å². The lowest BCUT2D eigenvalue weighted by atomic mass is 10.2. The van der Waals surface area contributed by atoms with Crippen molar-refractivity contribution >= 4 is 33.3 Å². The summed E-state index contributed by atoms with van der Waals surface area (Å²) in [5.41, 5.74) is 4.09. The zero-order valence-electron chi connectivity index (χ0n) is 12.0. The van der Waals surface area contributed by atoms with Gasteiger partial charge in [-0.3, -0.25) is 0 Å². The van der Waals surface area contributed by atoms with Crippen molar-refractivity contribution in [2.45, 2.75) is 26.7 Å². The Morgan fingerprint density at radius 2 is 1.90 bits per heavy atom. The summed E-state index contributed by atoms with van der Waals surface area (Å²) in [4.78, 5) is 8.88. The summed E-state index contributed by atoms with van der Waals surface area (Å²) in [7, 11) is 0. The molecular weight excluding hydrogens is 337 g/mol. The van der Waals surface area contributed by atoms with E-state index in [-0.39, 0.29) is 11.7 Å². The van der Waals surface area contributed by atoms with Crippen LogP contribution in [-0.2, 0) is 0 Å². The van der Waals surface area contributed by atoms with Crippen LogP contribution in [0.15, 0.2) is 22.7 Å². The highest BCUT2D eigenvalue weighted by molar-refractivity contribution is 9.10. The summed E-state index contributed by atoms with van der Waals surface area (Å²) in [6, 6.07) is 4.42. The van der Waals surface area contributed by atoms with E-state index in [1.165, 1.54) is 12.1 Å². The number of aromatic nitrogens is 2. The predicted molar refractivity (Wildman–Crippen MR) is 86.1 cm³/mol. The molecule has 0 radical (unpaired) electrons. The average molecular weight is 354 g/mol. The minimum atomic E-state index is -0.306. The fourth-order valence-electron chi connectivity index (χ4n) is 1.77. The Kier molecular flexibility index (Phi) is 4.74. The van der Waals surface area contributed by atoms with Crippen LogP contribution in [0.3, 0.4) is 0 Å². The molecule has 21 heavy (non-hydrogen) atoms. The number of benzene rings is 1. The molecule has 0 aliphatic heterocycles. The normalized spacial score (nSPS) is 10.8. The van der Waals surface area contributed by atoms with E-state index in [2.05, 4.69) is 36.6 Å². The second-order valence-electron chi connectivity index (χ2n) is 4.95. The van der Waals surface area contributed by atoms with Gasteiger partial charge in [0.1, 0.15) is 23.3 Å². The van der Waals surface area contributed by atoms with Crippen molar-refractivity contribution in [3.05, 3.63) is 39.9 Å². The SMILES string of the molecule is Cc1c(NN)nc(C(C)C)nc1Nc1ccc(F)cc1Br. The van der Waals surface area contributed by atoms with Crippen molar-refractivity contribution in [2.75, 3.05) is 10.7 Å². The highest BCUT2D eigenvalue weighted by atomic mass is 79.9. The molecular formula is C14H17BrFN5. The van der Waals surface area contributed by atoms with Gasteiger partial charge in [-0.2, -0.15) is 0 Å². The summed E-state index contributed by atoms with van der Waals surface area (Å²) in [5.74, 6) is 7.23. The summed E-state index contributed by atoms with van der Waals surface area (Å²) in [5, 5.41) is 3.18. The van der Waals surface area contributed by atoms with Gasteiger partial charge >= 0.3 is 0 Å². The Morgan fingerprint density at radius 1 is 1.24 bits per heavy atom. The van der Waals surface area contributed by atoms with Crippen LogP contribution >= 0.6 is 15.9 Å². The van der Waals surface area contributed by atoms with Crippen LogP contribution in [0.4, 0.5) is 21.7 Å². The topological polar surface area (TPSA) is 75.9 Å². The third kappa shape index (κ3) is 3.48. The van der Waals surface area contributed by atoms with Gasteiger partial charge in [-0.1, -0.05) is 13.8 Å². The van der Waals surface area contributed by atoms with E-state index in [0.29, 0.717) is 21.9 Å². The fraction of sp³-hybridized carbons (Fsp3) is 0.286. The van der Waals surface area contributed by atoms with Crippen LogP contribution in [-0.4, -0.2) is 9.97 Å². The Bertz CT molecular complexity index is 660. The molecule has 0 aliphatic rings. The first-order chi connectivity index (χ1) is 9.92. The van der Waals surface area contributed by atoms with Crippen molar-refractivity contribution in [3.8, 4) is 0 Å². The van der Waals surface area contributed by atoms with Gasteiger partial charge in [-0.25, -0.2) is 20.2 Å². The highest BCUT2D eigenvalue weighted by Crippen LogP contribution is 2.29. The maximum Gasteiger partial charge on any atom is 0.148 e. The van der Waals surface area contributed by atoms with Crippen LogP contribution in [0.25, 0.3) is 0 Å². The number of rotatable bonds is 4. The number of nitrogens with zero attached hydrogens (tertiary/aromatic N) is 2. The van der Waals surface area contributed by atoms with Crippen molar-refractivity contribution in [2.24, 2.45) is 5.84 Å². The molecule has 5 nitrogen and oxygen atoms in total. The fourth-order valence-corrected chi connectivity index (χ4v) is 2.22. The number of nitrogens with two attached hydrogens (primary N) is 1. The number of nitrogen functional groups attached to an aromatic ring is 1. The molecule has 0 unspecified atom stereocenters. The van der Waals surface area contributed by atoms with Crippen molar-refractivity contribution in [1.82, 2.24) is 9.97 Å². The van der Waals surface area contributed by atoms with E-state index in [4.69, 9.17) is 5.84 Å². The predicted octanol–water partition coefficient (Wildman–Crippen LogP) is 3.84. The number of nitrogens with one attached hydrogen (secondary N) is 2. The lowest BCUT2D eigenvalue weighted by Gasteiger charge is -2.15. The molecule has 0 atom stereocenters. The summed E-state index contributed by atoms with van der Waals surface area (Å²) in [6.07, 6.45) is 0. The van der Waals surface area contributed by atoms with Crippen LogP contribution in [0.1, 0.15) is 31.2 Å². The average Bonchev–Trinajstić information content (AvgIpc) is 2.43. The lowest BCUT2D eigenvalue weighted by Crippen LogP contribution is -2.14. The standard InChI is InChI=1S/C14H17BrFN5/c1-7(2)12-19-13(8(3)14(20-12)21-17)18-11-5-4-9(16)6-10(11)15/h4-7H,17H2,1-3H3,(H2,18,19,20,21). The van der Waals surface area contributed by atoms with Crippen LogP contribution < -0.4 is 16.6 Å². The van der Waals surface area contributed by atoms with E-state index < -0.39 is 0 Å². The lowest BCUT2D eigenvalue weighted by molar-refractivity contribution is 0.627. The smallest absolute Gasteiger partial charge is 0.148 e. The molecule has 1 heterocycles. The summed E-state index contributed by atoms with van der Waals surface area (Å²) < 4.78 is 13.8. The van der Waals surface area contributed by atoms with Gasteiger partial charge < -0.3 is 10.7 Å². The third-order valence-electron chi connectivity index (χ3n) is 3.00. The second kappa shape index (κ2) is 6.36. The molecule has 0 fully saturated rings. The maximum atomic E-state index is 13.1. The van der Waals surface area contributed by atoms with E-state index >= 15 is 0 Å². The molecule has 0 bridgehead atoms. The van der Waals surface area contributed by atoms with E-state index in [0.717, 1.165) is 11.3 Å². The summed E-state index contributed by atoms with van der Waals surface area (Å²) >= 11 is 3.33. The zero-order chi connectivity index (χ0) is 15.6. The third-order valence-corrected chi connectivity index (χ3v) is 3.66. The van der Waals surface area contributed by atoms with Gasteiger partial charge in [0.05, 0.1) is 5.69 Å². The van der Waals surface area contributed by atoms with Gasteiger partial charge in [-0.15, -0.1) is 0 Å². The molecule has 0 spiro atoms. The maximum absolute atomic E-state index is 13.1. The van der Waals surface area contributed by atoms with Crippen LogP contribution in [0.2, 0.25) is 0 Å². The monoisotopic (exact) mass is 353 g/mol. The number of hydrogen-bond acceptors (Lipinski definition) is 5. The Balaban J connectivity index is 2.45. The minimum absolute atomic E-state index is 0.162. The Hall–Kier alpha value is -1.73. The molecule has 2 rings (SSSR count). The van der Waals surface area contributed by atoms with Gasteiger partial charge in [0.2, 0.25) is 0 Å². The van der Waals surface area contributed by atoms with E-state index in [1.807, 2.05) is 20.8 Å². The van der Waals surface area contributed by atoms with Gasteiger partial charge in [0.25, 0.3) is 0 Å². The molecule has 112 valence electrons. The molecule has 7 heteroatoms. The molecule has 0 saturated carbocycles. The first kappa shape index (κ1) is 15.7. The van der Waals surface area contributed by atoms with Crippen molar-refractivity contribution in [1.29, 1.82) is 0 Å². The van der Waals surface area contributed by atoms with Crippen LogP contribution in [0.5, 0.6) is 0 Å². The van der Waals surface area contributed by atoms with Crippen LogP contribution in [0, 0.1) is 12.7 Å². The number of anilines is 3. The van der Waals surface area contributed by atoms with Crippen molar-refractivity contribution in [3.63, 3.8) is 0 Å². The molecule has 2 aromatic rings. The highest BCUT2D eigenvalue weighted by Gasteiger charge is 2.13. The minimum Gasteiger partial charge on any atom is -0.339 e. The van der Waals surface area contributed by atoms with Gasteiger partial charge in [-0.05, 0) is 41.1 Å². The molecule has 4 N–H and O–H groups in total. The first-order valence-corrected chi connectivity index (χ1v) is 7.29. The molecule has 0 saturated heterocycles. The number of halogens is 2. The molecule has 0 amide bonds. The zero-order valence-corrected chi connectivity index (χ0v) is 13.6.